The SMILES string of the molecule is CSC1CCC(NS(=O)(=O)c2ccsc2CNC2CC2)C1. The molecule has 21 heavy (non-hydrogen) atoms. The summed E-state index contributed by atoms with van der Waals surface area (Å²) in [7, 11) is -3.38. The van der Waals surface area contributed by atoms with E-state index in [0.29, 0.717) is 22.7 Å². The van der Waals surface area contributed by atoms with Crippen LogP contribution in [0.1, 0.15) is 37.0 Å². The smallest absolute Gasteiger partial charge is 0.241 e. The van der Waals surface area contributed by atoms with Crippen molar-refractivity contribution in [2.75, 3.05) is 6.26 Å². The number of thiophene rings is 1. The molecule has 2 saturated carbocycles. The van der Waals surface area contributed by atoms with Crippen LogP contribution >= 0.6 is 23.1 Å². The zero-order valence-corrected chi connectivity index (χ0v) is 14.6. The summed E-state index contributed by atoms with van der Waals surface area (Å²) in [6.45, 7) is 0.663. The summed E-state index contributed by atoms with van der Waals surface area (Å²) in [6, 6.07) is 2.42. The van der Waals surface area contributed by atoms with Gasteiger partial charge >= 0.3 is 0 Å². The van der Waals surface area contributed by atoms with E-state index in [2.05, 4.69) is 16.3 Å². The summed E-state index contributed by atoms with van der Waals surface area (Å²) in [5, 5.41) is 5.86. The number of nitrogens with one attached hydrogen (secondary N) is 2. The molecule has 2 atom stereocenters. The molecule has 0 saturated heterocycles. The Bertz CT molecular complexity index is 581. The van der Waals surface area contributed by atoms with E-state index in [-0.39, 0.29) is 6.04 Å². The molecule has 0 amide bonds. The first-order chi connectivity index (χ1) is 10.1. The summed E-state index contributed by atoms with van der Waals surface area (Å²) < 4.78 is 28.1. The molecule has 2 aliphatic carbocycles. The summed E-state index contributed by atoms with van der Waals surface area (Å²) in [6.07, 6.45) is 7.52. The lowest BCUT2D eigenvalue weighted by Crippen LogP contribution is -2.33. The van der Waals surface area contributed by atoms with Gasteiger partial charge in [-0.2, -0.15) is 11.8 Å². The molecule has 7 heteroatoms. The number of sulfonamides is 1. The Labute approximate surface area is 135 Å². The van der Waals surface area contributed by atoms with Crippen LogP contribution in [-0.2, 0) is 16.6 Å². The quantitative estimate of drug-likeness (QED) is 0.797. The van der Waals surface area contributed by atoms with Gasteiger partial charge in [-0.25, -0.2) is 13.1 Å². The van der Waals surface area contributed by atoms with Gasteiger partial charge < -0.3 is 5.32 Å². The Morgan fingerprint density at radius 1 is 1.29 bits per heavy atom. The van der Waals surface area contributed by atoms with Crippen molar-refractivity contribution in [1.82, 2.24) is 10.0 Å². The van der Waals surface area contributed by atoms with Crippen molar-refractivity contribution in [2.45, 2.75) is 60.9 Å². The van der Waals surface area contributed by atoms with E-state index in [9.17, 15) is 8.42 Å². The van der Waals surface area contributed by atoms with Gasteiger partial charge in [0, 0.05) is 28.8 Å². The van der Waals surface area contributed by atoms with Crippen molar-refractivity contribution in [1.29, 1.82) is 0 Å². The molecule has 2 unspecified atom stereocenters. The lowest BCUT2D eigenvalue weighted by atomic mass is 10.3. The third kappa shape index (κ3) is 4.01. The zero-order valence-electron chi connectivity index (χ0n) is 12.2. The number of hydrogen-bond donors (Lipinski definition) is 2. The number of hydrogen-bond acceptors (Lipinski definition) is 5. The van der Waals surface area contributed by atoms with Crippen LogP contribution in [0.2, 0.25) is 0 Å². The Morgan fingerprint density at radius 2 is 2.05 bits per heavy atom. The first-order valence-electron chi connectivity index (χ1n) is 7.43. The molecule has 1 aromatic heterocycles. The Hall–Kier alpha value is -0.0800. The second kappa shape index (κ2) is 6.58. The zero-order chi connectivity index (χ0) is 14.9. The van der Waals surface area contributed by atoms with Gasteiger partial charge in [-0.3, -0.25) is 0 Å². The standard InChI is InChI=1S/C14H22N2O2S3/c1-19-12-5-4-11(8-12)16-21(17,18)14-6-7-20-13(14)9-15-10-2-3-10/h6-7,10-12,15-16H,2-5,8-9H2,1H3. The van der Waals surface area contributed by atoms with E-state index in [1.54, 1.807) is 6.07 Å². The minimum Gasteiger partial charge on any atom is -0.309 e. The van der Waals surface area contributed by atoms with Crippen LogP contribution in [0, 0.1) is 0 Å². The van der Waals surface area contributed by atoms with Gasteiger partial charge in [0.05, 0.1) is 4.90 Å². The maximum absolute atomic E-state index is 12.6. The van der Waals surface area contributed by atoms with Crippen molar-refractivity contribution in [3.05, 3.63) is 16.3 Å². The average Bonchev–Trinajstić information content (AvgIpc) is 2.98. The van der Waals surface area contributed by atoms with Crippen molar-refractivity contribution >= 4 is 33.1 Å². The molecule has 2 N–H and O–H groups in total. The van der Waals surface area contributed by atoms with Crippen molar-refractivity contribution in [3.63, 3.8) is 0 Å². The molecule has 2 fully saturated rings. The van der Waals surface area contributed by atoms with E-state index in [0.717, 1.165) is 24.1 Å². The molecule has 1 aromatic rings. The first-order valence-corrected chi connectivity index (χ1v) is 11.1. The fraction of sp³-hybridized carbons (Fsp3) is 0.714. The second-order valence-corrected chi connectivity index (χ2v) is 9.67. The van der Waals surface area contributed by atoms with Crippen LogP contribution < -0.4 is 10.0 Å². The first kappa shape index (κ1) is 15.8. The predicted octanol–water partition coefficient (Wildman–Crippen LogP) is 2.56. The Morgan fingerprint density at radius 3 is 2.71 bits per heavy atom. The molecule has 0 aliphatic heterocycles. The maximum Gasteiger partial charge on any atom is 0.241 e. The van der Waals surface area contributed by atoms with E-state index < -0.39 is 10.0 Å². The number of thioether (sulfide) groups is 1. The molecule has 0 spiro atoms. The maximum atomic E-state index is 12.6. The van der Waals surface area contributed by atoms with Crippen LogP contribution in [0.3, 0.4) is 0 Å². The largest absolute Gasteiger partial charge is 0.309 e. The molecule has 2 aliphatic rings. The van der Waals surface area contributed by atoms with Gasteiger partial charge in [0.15, 0.2) is 0 Å². The molecular formula is C14H22N2O2S3. The highest BCUT2D eigenvalue weighted by molar-refractivity contribution is 7.99. The van der Waals surface area contributed by atoms with Crippen LogP contribution in [0.5, 0.6) is 0 Å². The van der Waals surface area contributed by atoms with Gasteiger partial charge in [0.25, 0.3) is 0 Å². The highest BCUT2D eigenvalue weighted by atomic mass is 32.2. The molecule has 3 rings (SSSR count). The van der Waals surface area contributed by atoms with Crippen LogP contribution in [0.25, 0.3) is 0 Å². The third-order valence-electron chi connectivity index (χ3n) is 4.16. The molecule has 0 radical (unpaired) electrons. The second-order valence-electron chi connectivity index (χ2n) is 5.85. The van der Waals surface area contributed by atoms with Gasteiger partial charge in [0.1, 0.15) is 0 Å². The number of rotatable bonds is 7. The summed E-state index contributed by atoms with van der Waals surface area (Å²) >= 11 is 3.36. The van der Waals surface area contributed by atoms with Crippen molar-refractivity contribution in [3.8, 4) is 0 Å². The summed E-state index contributed by atoms with van der Waals surface area (Å²) in [4.78, 5) is 1.39. The fourth-order valence-corrected chi connectivity index (χ4v) is 6.24. The van der Waals surface area contributed by atoms with E-state index >= 15 is 0 Å². The van der Waals surface area contributed by atoms with Gasteiger partial charge in [0.2, 0.25) is 10.0 Å². The highest BCUT2D eigenvalue weighted by Crippen LogP contribution is 2.30. The molecule has 0 aromatic carbocycles. The fourth-order valence-electron chi connectivity index (χ4n) is 2.77. The van der Waals surface area contributed by atoms with E-state index in [4.69, 9.17) is 0 Å². The topological polar surface area (TPSA) is 58.2 Å². The molecule has 0 bridgehead atoms. The van der Waals surface area contributed by atoms with E-state index in [1.165, 1.54) is 24.2 Å². The third-order valence-corrected chi connectivity index (χ3v) is 7.91. The van der Waals surface area contributed by atoms with E-state index in [1.807, 2.05) is 17.1 Å². The van der Waals surface area contributed by atoms with Gasteiger partial charge in [-0.1, -0.05) is 0 Å². The molecular weight excluding hydrogens is 324 g/mol. The Kier molecular flexibility index (Phi) is 4.95. The Balaban J connectivity index is 1.65. The van der Waals surface area contributed by atoms with Gasteiger partial charge in [-0.15, -0.1) is 11.3 Å². The van der Waals surface area contributed by atoms with Crippen molar-refractivity contribution < 1.29 is 8.42 Å². The summed E-state index contributed by atoms with van der Waals surface area (Å²) in [5.74, 6) is 0. The monoisotopic (exact) mass is 346 g/mol. The predicted molar refractivity (Wildman–Crippen MR) is 89.4 cm³/mol. The lowest BCUT2D eigenvalue weighted by Gasteiger charge is -2.14. The van der Waals surface area contributed by atoms with Crippen LogP contribution in [0.4, 0.5) is 0 Å². The molecule has 4 nitrogen and oxygen atoms in total. The summed E-state index contributed by atoms with van der Waals surface area (Å²) in [5.41, 5.74) is 0. The highest BCUT2D eigenvalue weighted by Gasteiger charge is 2.30. The molecule has 118 valence electrons. The lowest BCUT2D eigenvalue weighted by molar-refractivity contribution is 0.551. The van der Waals surface area contributed by atoms with Crippen molar-refractivity contribution in [2.24, 2.45) is 0 Å². The van der Waals surface area contributed by atoms with Crippen LogP contribution in [-0.4, -0.2) is 32.0 Å². The minimum absolute atomic E-state index is 0.0941. The minimum atomic E-state index is -3.38. The normalized spacial score (nSPS) is 26.3. The van der Waals surface area contributed by atoms with Crippen LogP contribution in [0.15, 0.2) is 16.3 Å². The average molecular weight is 347 g/mol. The molecule has 1 heterocycles. The van der Waals surface area contributed by atoms with Gasteiger partial charge in [-0.05, 0) is 49.8 Å².